The number of halogens is 2. The second-order valence-electron chi connectivity index (χ2n) is 5.16. The second-order valence-corrected chi connectivity index (χ2v) is 6.01. The Morgan fingerprint density at radius 3 is 2.78 bits per heavy atom. The zero-order chi connectivity index (χ0) is 16.4. The van der Waals surface area contributed by atoms with E-state index in [1.165, 1.54) is 12.1 Å². The van der Waals surface area contributed by atoms with Crippen LogP contribution in [0.2, 0.25) is 0 Å². The summed E-state index contributed by atoms with van der Waals surface area (Å²) in [7, 11) is 1.88. The fraction of sp³-hybridized carbons (Fsp3) is 0.267. The molecule has 3 aromatic rings. The standard InChI is InChI=1S/C15H15BrFN5O/c1-9(18-2)7-13-19-15(23-21-13)14-12(16)8-22(20-14)11-5-3-10(17)4-6-11/h3-6,8-9,18H,7H2,1-2H3. The van der Waals surface area contributed by atoms with E-state index in [9.17, 15) is 4.39 Å². The SMILES string of the molecule is CNC(C)Cc1noc(-c2nn(-c3ccc(F)cc3)cc2Br)n1. The monoisotopic (exact) mass is 379 g/mol. The van der Waals surface area contributed by atoms with Crippen molar-refractivity contribution in [3.8, 4) is 17.3 Å². The molecular weight excluding hydrogens is 365 g/mol. The number of rotatable bonds is 5. The number of nitrogens with zero attached hydrogens (tertiary/aromatic N) is 4. The smallest absolute Gasteiger partial charge is 0.279 e. The van der Waals surface area contributed by atoms with Crippen molar-refractivity contribution in [3.63, 3.8) is 0 Å². The second kappa shape index (κ2) is 6.59. The van der Waals surface area contributed by atoms with Crippen molar-refractivity contribution in [1.29, 1.82) is 0 Å². The molecule has 3 rings (SSSR count). The summed E-state index contributed by atoms with van der Waals surface area (Å²) in [4.78, 5) is 4.37. The molecule has 0 aliphatic heterocycles. The van der Waals surface area contributed by atoms with Crippen molar-refractivity contribution < 1.29 is 8.91 Å². The van der Waals surface area contributed by atoms with Gasteiger partial charge in [-0.05, 0) is 54.2 Å². The fourth-order valence-electron chi connectivity index (χ4n) is 2.03. The Morgan fingerprint density at radius 1 is 1.35 bits per heavy atom. The summed E-state index contributed by atoms with van der Waals surface area (Å²) in [5, 5.41) is 11.5. The highest BCUT2D eigenvalue weighted by Crippen LogP contribution is 2.26. The molecule has 6 nitrogen and oxygen atoms in total. The highest BCUT2D eigenvalue weighted by Gasteiger charge is 2.17. The van der Waals surface area contributed by atoms with Gasteiger partial charge in [-0.2, -0.15) is 10.1 Å². The third kappa shape index (κ3) is 3.48. The zero-order valence-electron chi connectivity index (χ0n) is 12.6. The van der Waals surface area contributed by atoms with Crippen LogP contribution in [0.3, 0.4) is 0 Å². The summed E-state index contributed by atoms with van der Waals surface area (Å²) in [6.07, 6.45) is 2.43. The van der Waals surface area contributed by atoms with E-state index >= 15 is 0 Å². The van der Waals surface area contributed by atoms with E-state index in [0.29, 0.717) is 23.8 Å². The van der Waals surface area contributed by atoms with Crippen LogP contribution in [0.5, 0.6) is 0 Å². The Hall–Kier alpha value is -2.06. The van der Waals surface area contributed by atoms with E-state index in [4.69, 9.17) is 4.52 Å². The zero-order valence-corrected chi connectivity index (χ0v) is 14.2. The lowest BCUT2D eigenvalue weighted by Gasteiger charge is -2.04. The first-order valence-electron chi connectivity index (χ1n) is 7.08. The van der Waals surface area contributed by atoms with Crippen molar-refractivity contribution >= 4 is 15.9 Å². The summed E-state index contributed by atoms with van der Waals surface area (Å²) in [6.45, 7) is 2.04. The average molecular weight is 380 g/mol. The molecule has 0 radical (unpaired) electrons. The largest absolute Gasteiger partial charge is 0.332 e. The van der Waals surface area contributed by atoms with E-state index in [1.807, 2.05) is 14.0 Å². The number of hydrogen-bond donors (Lipinski definition) is 1. The third-order valence-corrected chi connectivity index (χ3v) is 3.99. The molecule has 0 spiro atoms. The Morgan fingerprint density at radius 2 is 2.09 bits per heavy atom. The van der Waals surface area contributed by atoms with E-state index in [2.05, 4.69) is 36.5 Å². The van der Waals surface area contributed by atoms with Crippen LogP contribution in [-0.2, 0) is 6.42 Å². The van der Waals surface area contributed by atoms with Crippen molar-refractivity contribution in [2.24, 2.45) is 0 Å². The molecule has 1 aromatic carbocycles. The van der Waals surface area contributed by atoms with E-state index in [-0.39, 0.29) is 11.9 Å². The number of nitrogens with one attached hydrogen (secondary N) is 1. The van der Waals surface area contributed by atoms with Gasteiger partial charge in [0.2, 0.25) is 0 Å². The van der Waals surface area contributed by atoms with Crippen molar-refractivity contribution in [1.82, 2.24) is 25.2 Å². The van der Waals surface area contributed by atoms with Crippen LogP contribution in [0.4, 0.5) is 4.39 Å². The van der Waals surface area contributed by atoms with Gasteiger partial charge in [0.05, 0.1) is 10.2 Å². The molecular formula is C15H15BrFN5O. The minimum Gasteiger partial charge on any atom is -0.332 e. The summed E-state index contributed by atoms with van der Waals surface area (Å²) >= 11 is 3.44. The summed E-state index contributed by atoms with van der Waals surface area (Å²) in [6, 6.07) is 6.31. The van der Waals surface area contributed by atoms with Gasteiger partial charge in [-0.25, -0.2) is 9.07 Å². The van der Waals surface area contributed by atoms with Gasteiger partial charge in [0, 0.05) is 18.7 Å². The van der Waals surface area contributed by atoms with Gasteiger partial charge in [0.25, 0.3) is 5.89 Å². The Balaban J connectivity index is 1.88. The lowest BCUT2D eigenvalue weighted by Crippen LogP contribution is -2.24. The molecule has 1 unspecified atom stereocenters. The lowest BCUT2D eigenvalue weighted by atomic mass is 10.2. The fourth-order valence-corrected chi connectivity index (χ4v) is 2.48. The van der Waals surface area contributed by atoms with Gasteiger partial charge < -0.3 is 9.84 Å². The Labute approximate surface area is 140 Å². The molecule has 0 bridgehead atoms. The summed E-state index contributed by atoms with van der Waals surface area (Å²) in [5.41, 5.74) is 1.28. The molecule has 1 N–H and O–H groups in total. The predicted octanol–water partition coefficient (Wildman–Crippen LogP) is 2.97. The normalized spacial score (nSPS) is 12.5. The molecule has 0 fully saturated rings. The van der Waals surface area contributed by atoms with Gasteiger partial charge >= 0.3 is 0 Å². The molecule has 0 amide bonds. The maximum Gasteiger partial charge on any atom is 0.279 e. The third-order valence-electron chi connectivity index (χ3n) is 3.41. The van der Waals surface area contributed by atoms with Crippen LogP contribution in [0.1, 0.15) is 12.7 Å². The molecule has 2 heterocycles. The van der Waals surface area contributed by atoms with Gasteiger partial charge in [-0.15, -0.1) is 0 Å². The van der Waals surface area contributed by atoms with Gasteiger partial charge in [-0.1, -0.05) is 5.16 Å². The highest BCUT2D eigenvalue weighted by molar-refractivity contribution is 9.10. The van der Waals surface area contributed by atoms with Crippen molar-refractivity contribution in [2.45, 2.75) is 19.4 Å². The number of likely N-dealkylation sites (N-methyl/N-ethyl adjacent to an activating group) is 1. The van der Waals surface area contributed by atoms with E-state index in [0.717, 1.165) is 10.2 Å². The highest BCUT2D eigenvalue weighted by atomic mass is 79.9. The first-order chi connectivity index (χ1) is 11.1. The summed E-state index contributed by atoms with van der Waals surface area (Å²) < 4.78 is 20.6. The predicted molar refractivity (Wildman–Crippen MR) is 86.7 cm³/mol. The molecule has 0 aliphatic carbocycles. The number of aromatic nitrogens is 4. The average Bonchev–Trinajstić information content (AvgIpc) is 3.14. The minimum absolute atomic E-state index is 0.251. The van der Waals surface area contributed by atoms with Crippen LogP contribution in [0, 0.1) is 5.82 Å². The molecule has 0 saturated heterocycles. The number of hydrogen-bond acceptors (Lipinski definition) is 5. The molecule has 2 aromatic heterocycles. The Bertz CT molecular complexity index is 799. The van der Waals surface area contributed by atoms with Gasteiger partial charge in [0.1, 0.15) is 5.82 Å². The first-order valence-corrected chi connectivity index (χ1v) is 7.87. The first kappa shape index (κ1) is 15.8. The van der Waals surface area contributed by atoms with Gasteiger partial charge in [-0.3, -0.25) is 0 Å². The van der Waals surface area contributed by atoms with Gasteiger partial charge in [0.15, 0.2) is 11.5 Å². The van der Waals surface area contributed by atoms with Crippen LogP contribution >= 0.6 is 15.9 Å². The van der Waals surface area contributed by atoms with Crippen LogP contribution in [0.25, 0.3) is 17.3 Å². The van der Waals surface area contributed by atoms with Crippen molar-refractivity contribution in [3.05, 3.63) is 46.6 Å². The Kier molecular flexibility index (Phi) is 4.53. The minimum atomic E-state index is -0.291. The van der Waals surface area contributed by atoms with E-state index in [1.54, 1.807) is 23.0 Å². The quantitative estimate of drug-likeness (QED) is 0.737. The maximum absolute atomic E-state index is 13.0. The molecule has 0 saturated carbocycles. The maximum atomic E-state index is 13.0. The van der Waals surface area contributed by atoms with Crippen LogP contribution < -0.4 is 5.32 Å². The number of benzene rings is 1. The molecule has 1 atom stereocenters. The molecule has 0 aliphatic rings. The molecule has 120 valence electrons. The summed E-state index contributed by atoms with van der Waals surface area (Å²) in [5.74, 6) is 0.668. The molecule has 23 heavy (non-hydrogen) atoms. The van der Waals surface area contributed by atoms with Crippen LogP contribution in [-0.4, -0.2) is 33.0 Å². The van der Waals surface area contributed by atoms with Crippen molar-refractivity contribution in [2.75, 3.05) is 7.05 Å². The van der Waals surface area contributed by atoms with E-state index < -0.39 is 0 Å². The molecule has 8 heteroatoms. The lowest BCUT2D eigenvalue weighted by molar-refractivity contribution is 0.416. The topological polar surface area (TPSA) is 68.8 Å². The van der Waals surface area contributed by atoms with Crippen LogP contribution in [0.15, 0.2) is 39.5 Å².